The van der Waals surface area contributed by atoms with Crippen LogP contribution >= 0.6 is 12.2 Å². The van der Waals surface area contributed by atoms with Crippen LogP contribution in [0.1, 0.15) is 11.7 Å². The molecule has 0 spiro atoms. The highest BCUT2D eigenvalue weighted by Gasteiger charge is 2.23. The van der Waals surface area contributed by atoms with Gasteiger partial charge in [-0.3, -0.25) is 4.79 Å². The number of anilines is 1. The van der Waals surface area contributed by atoms with E-state index < -0.39 is 18.1 Å². The van der Waals surface area contributed by atoms with Gasteiger partial charge in [0.25, 0.3) is 0 Å². The summed E-state index contributed by atoms with van der Waals surface area (Å²) in [5.74, 6) is -0.995. The number of nitrogens with two attached hydrogens (primary N) is 2. The Bertz CT molecular complexity index is 439. The number of aliphatic hydroxyl groups excluding tert-OH is 2. The zero-order chi connectivity index (χ0) is 13.0. The van der Waals surface area contributed by atoms with Gasteiger partial charge in [-0.2, -0.15) is 0 Å². The van der Waals surface area contributed by atoms with Crippen molar-refractivity contribution < 1.29 is 15.0 Å². The number of rotatable bonds is 4. The Morgan fingerprint density at radius 2 is 2.00 bits per heavy atom. The van der Waals surface area contributed by atoms with Crippen LogP contribution in [0.25, 0.3) is 0 Å². The molecule has 6 nitrogen and oxygen atoms in total. The standard InChI is InChI=1S/C10H13N3O3S/c11-9(16)8(15)7(14)5-2-1-3-6(4-5)13-10(12)17/h1-4,7-8,14-15H,(H2,11,16)(H3,12,13,17). The Hall–Kier alpha value is -1.70. The van der Waals surface area contributed by atoms with E-state index >= 15 is 0 Å². The molecule has 1 rings (SSSR count). The predicted octanol–water partition coefficient (Wildman–Crippen LogP) is -0.778. The van der Waals surface area contributed by atoms with Crippen LogP contribution in [0.4, 0.5) is 5.69 Å². The molecule has 0 aliphatic rings. The van der Waals surface area contributed by atoms with E-state index in [-0.39, 0.29) is 5.11 Å². The monoisotopic (exact) mass is 255 g/mol. The second-order valence-corrected chi connectivity index (χ2v) is 3.85. The lowest BCUT2D eigenvalue weighted by Gasteiger charge is -2.16. The van der Waals surface area contributed by atoms with E-state index in [1.54, 1.807) is 18.2 Å². The topological polar surface area (TPSA) is 122 Å². The van der Waals surface area contributed by atoms with Crippen LogP contribution in [0.15, 0.2) is 24.3 Å². The summed E-state index contributed by atoms with van der Waals surface area (Å²) >= 11 is 4.66. The normalized spacial score (nSPS) is 13.8. The molecule has 1 aromatic carbocycles. The SMILES string of the molecule is NC(=O)C(O)C(O)c1cccc(NC(N)=S)c1. The van der Waals surface area contributed by atoms with Crippen molar-refractivity contribution >= 4 is 28.9 Å². The highest BCUT2D eigenvalue weighted by atomic mass is 32.1. The fourth-order valence-electron chi connectivity index (χ4n) is 1.28. The van der Waals surface area contributed by atoms with E-state index in [0.717, 1.165) is 0 Å². The van der Waals surface area contributed by atoms with Crippen LogP contribution in [-0.4, -0.2) is 27.3 Å². The second-order valence-electron chi connectivity index (χ2n) is 3.41. The summed E-state index contributed by atoms with van der Waals surface area (Å²) in [6.45, 7) is 0. The fourth-order valence-corrected chi connectivity index (χ4v) is 1.40. The molecule has 2 atom stereocenters. The first-order chi connectivity index (χ1) is 7.91. The van der Waals surface area contributed by atoms with Crippen molar-refractivity contribution in [3.8, 4) is 0 Å². The Kier molecular flexibility index (Phi) is 4.38. The molecule has 0 radical (unpaired) electrons. The molecule has 17 heavy (non-hydrogen) atoms. The number of hydrogen-bond acceptors (Lipinski definition) is 4. The van der Waals surface area contributed by atoms with Crippen LogP contribution in [0.5, 0.6) is 0 Å². The zero-order valence-corrected chi connectivity index (χ0v) is 9.65. The maximum Gasteiger partial charge on any atom is 0.249 e. The Balaban J connectivity index is 2.91. The average Bonchev–Trinajstić information content (AvgIpc) is 2.26. The minimum absolute atomic E-state index is 0.0760. The van der Waals surface area contributed by atoms with Crippen molar-refractivity contribution in [2.24, 2.45) is 11.5 Å². The smallest absolute Gasteiger partial charge is 0.249 e. The molecule has 0 aliphatic heterocycles. The Morgan fingerprint density at radius 3 is 2.53 bits per heavy atom. The van der Waals surface area contributed by atoms with Gasteiger partial charge in [0.05, 0.1) is 0 Å². The highest BCUT2D eigenvalue weighted by molar-refractivity contribution is 7.80. The first-order valence-corrected chi connectivity index (χ1v) is 5.14. The third-order valence-corrected chi connectivity index (χ3v) is 2.19. The number of benzene rings is 1. The van der Waals surface area contributed by atoms with Crippen molar-refractivity contribution in [1.82, 2.24) is 0 Å². The molecule has 7 heteroatoms. The lowest BCUT2D eigenvalue weighted by Crippen LogP contribution is -2.33. The first-order valence-electron chi connectivity index (χ1n) is 4.73. The van der Waals surface area contributed by atoms with Gasteiger partial charge in [-0.1, -0.05) is 12.1 Å². The van der Waals surface area contributed by atoms with E-state index in [2.05, 4.69) is 17.5 Å². The summed E-state index contributed by atoms with van der Waals surface area (Å²) in [6.07, 6.45) is -3.05. The molecular formula is C10H13N3O3S. The van der Waals surface area contributed by atoms with E-state index in [9.17, 15) is 15.0 Å². The van der Waals surface area contributed by atoms with Gasteiger partial charge in [0.1, 0.15) is 6.10 Å². The van der Waals surface area contributed by atoms with Crippen molar-refractivity contribution in [3.63, 3.8) is 0 Å². The summed E-state index contributed by atoms with van der Waals surface area (Å²) in [4.78, 5) is 10.7. The average molecular weight is 255 g/mol. The largest absolute Gasteiger partial charge is 0.385 e. The minimum atomic E-state index is -1.66. The number of primary amides is 1. The Morgan fingerprint density at radius 1 is 1.35 bits per heavy atom. The summed E-state index contributed by atoms with van der Waals surface area (Å²) in [5.41, 5.74) is 11.1. The number of thiocarbonyl (C=S) groups is 1. The minimum Gasteiger partial charge on any atom is -0.385 e. The molecule has 0 aromatic heterocycles. The quantitative estimate of drug-likeness (QED) is 0.450. The molecular weight excluding hydrogens is 242 g/mol. The number of hydrogen-bond donors (Lipinski definition) is 5. The predicted molar refractivity (Wildman–Crippen MR) is 67.0 cm³/mol. The summed E-state index contributed by atoms with van der Waals surface area (Å²) < 4.78 is 0. The summed E-state index contributed by atoms with van der Waals surface area (Å²) in [7, 11) is 0. The van der Waals surface area contributed by atoms with Gasteiger partial charge in [-0.25, -0.2) is 0 Å². The molecule has 0 aliphatic carbocycles. The first kappa shape index (κ1) is 13.4. The van der Waals surface area contributed by atoms with Crippen LogP contribution in [0.2, 0.25) is 0 Å². The van der Waals surface area contributed by atoms with Crippen molar-refractivity contribution in [2.75, 3.05) is 5.32 Å². The van der Waals surface area contributed by atoms with Gasteiger partial charge in [-0.05, 0) is 29.9 Å². The third-order valence-electron chi connectivity index (χ3n) is 2.09. The molecule has 2 unspecified atom stereocenters. The molecule has 92 valence electrons. The van der Waals surface area contributed by atoms with Gasteiger partial charge < -0.3 is 27.0 Å². The van der Waals surface area contributed by atoms with Crippen molar-refractivity contribution in [1.29, 1.82) is 0 Å². The van der Waals surface area contributed by atoms with E-state index in [0.29, 0.717) is 11.3 Å². The van der Waals surface area contributed by atoms with Crippen LogP contribution in [-0.2, 0) is 4.79 Å². The van der Waals surface area contributed by atoms with Crippen LogP contribution in [0.3, 0.4) is 0 Å². The molecule has 0 fully saturated rings. The van der Waals surface area contributed by atoms with E-state index in [1.807, 2.05) is 0 Å². The maximum absolute atomic E-state index is 10.7. The Labute approximate surface area is 103 Å². The van der Waals surface area contributed by atoms with Crippen LogP contribution in [0, 0.1) is 0 Å². The number of nitrogens with one attached hydrogen (secondary N) is 1. The van der Waals surface area contributed by atoms with E-state index in [1.165, 1.54) is 6.07 Å². The highest BCUT2D eigenvalue weighted by Crippen LogP contribution is 2.20. The lowest BCUT2D eigenvalue weighted by molar-refractivity contribution is -0.131. The van der Waals surface area contributed by atoms with Gasteiger partial charge in [0.15, 0.2) is 11.2 Å². The second kappa shape index (κ2) is 5.58. The molecule has 0 saturated carbocycles. The summed E-state index contributed by atoms with van der Waals surface area (Å²) in [5, 5.41) is 21.7. The third kappa shape index (κ3) is 3.66. The number of amides is 1. The summed E-state index contributed by atoms with van der Waals surface area (Å²) in [6, 6.07) is 6.34. The number of aliphatic hydroxyl groups is 2. The van der Waals surface area contributed by atoms with Crippen molar-refractivity contribution in [2.45, 2.75) is 12.2 Å². The van der Waals surface area contributed by atoms with Gasteiger partial charge >= 0.3 is 0 Å². The lowest BCUT2D eigenvalue weighted by atomic mass is 10.0. The zero-order valence-electron chi connectivity index (χ0n) is 8.83. The maximum atomic E-state index is 10.7. The molecule has 1 amide bonds. The molecule has 0 bridgehead atoms. The van der Waals surface area contributed by atoms with Gasteiger partial charge in [0, 0.05) is 5.69 Å². The fraction of sp³-hybridized carbons (Fsp3) is 0.200. The van der Waals surface area contributed by atoms with Gasteiger partial charge in [0.2, 0.25) is 5.91 Å². The molecule has 7 N–H and O–H groups in total. The van der Waals surface area contributed by atoms with Crippen molar-refractivity contribution in [3.05, 3.63) is 29.8 Å². The van der Waals surface area contributed by atoms with Gasteiger partial charge in [-0.15, -0.1) is 0 Å². The number of carbonyl (C=O) groups excluding carboxylic acids is 1. The van der Waals surface area contributed by atoms with E-state index in [4.69, 9.17) is 11.5 Å². The number of carbonyl (C=O) groups is 1. The molecule has 1 aromatic rings. The molecule has 0 heterocycles. The van der Waals surface area contributed by atoms with Crippen LogP contribution < -0.4 is 16.8 Å². The molecule has 0 saturated heterocycles.